The molecule has 1 N–H and O–H groups in total. The summed E-state index contributed by atoms with van der Waals surface area (Å²) in [6.45, 7) is 3.81. The second kappa shape index (κ2) is 11.7. The number of benzene rings is 3. The van der Waals surface area contributed by atoms with Crippen molar-refractivity contribution in [1.82, 2.24) is 20.4 Å². The third-order valence-electron chi connectivity index (χ3n) is 6.08. The summed E-state index contributed by atoms with van der Waals surface area (Å²) in [5, 5.41) is 2.91. The molecule has 0 unspecified atom stereocenters. The second-order valence-corrected chi connectivity index (χ2v) is 8.57. The Morgan fingerprint density at radius 1 is 0.865 bits per heavy atom. The van der Waals surface area contributed by atoms with Crippen LogP contribution < -0.4 is 19.8 Å². The lowest BCUT2D eigenvalue weighted by atomic mass is 10.2. The summed E-state index contributed by atoms with van der Waals surface area (Å²) in [7, 11) is 1.65. The predicted octanol–water partition coefficient (Wildman–Crippen LogP) is 3.91. The van der Waals surface area contributed by atoms with E-state index in [1.807, 2.05) is 53.5 Å². The molecule has 9 heteroatoms. The summed E-state index contributed by atoms with van der Waals surface area (Å²) >= 11 is 0. The number of para-hydroxylation sites is 1. The van der Waals surface area contributed by atoms with Gasteiger partial charge in [0.25, 0.3) is 5.91 Å². The number of hydrogen-bond donors (Lipinski definition) is 1. The number of rotatable bonds is 9. The number of anilines is 1. The average molecular weight is 500 g/mol. The molecule has 0 atom stereocenters. The zero-order chi connectivity index (χ0) is 25.5. The van der Waals surface area contributed by atoms with E-state index in [9.17, 15) is 4.79 Å². The highest BCUT2D eigenvalue weighted by molar-refractivity contribution is 5.94. The van der Waals surface area contributed by atoms with Crippen LogP contribution in [-0.4, -0.2) is 67.4 Å². The molecule has 190 valence electrons. The van der Waals surface area contributed by atoms with Crippen LogP contribution in [0.1, 0.15) is 10.4 Å². The second-order valence-electron chi connectivity index (χ2n) is 8.57. The highest BCUT2D eigenvalue weighted by atomic mass is 16.5. The summed E-state index contributed by atoms with van der Waals surface area (Å²) in [4.78, 5) is 24.0. The van der Waals surface area contributed by atoms with Crippen molar-refractivity contribution in [2.75, 3.05) is 51.4 Å². The van der Waals surface area contributed by atoms with Crippen LogP contribution in [0.2, 0.25) is 0 Å². The summed E-state index contributed by atoms with van der Waals surface area (Å²) in [6.07, 6.45) is 1.58. The van der Waals surface area contributed by atoms with Crippen molar-refractivity contribution in [2.24, 2.45) is 0 Å². The average Bonchev–Trinajstić information content (AvgIpc) is 2.94. The van der Waals surface area contributed by atoms with Gasteiger partial charge in [0.1, 0.15) is 36.0 Å². The van der Waals surface area contributed by atoms with Crippen molar-refractivity contribution >= 4 is 22.6 Å². The minimum atomic E-state index is -0.145. The monoisotopic (exact) mass is 499 g/mol. The van der Waals surface area contributed by atoms with Crippen LogP contribution in [0.3, 0.4) is 0 Å². The Labute approximate surface area is 215 Å². The number of nitrogens with zero attached hydrogens (tertiary/aromatic N) is 4. The molecule has 0 saturated carbocycles. The van der Waals surface area contributed by atoms with Crippen molar-refractivity contribution in [3.8, 4) is 17.2 Å². The van der Waals surface area contributed by atoms with E-state index in [1.165, 1.54) is 0 Å². The number of carbonyl (C=O) groups excluding carboxylic acids is 1. The highest BCUT2D eigenvalue weighted by Crippen LogP contribution is 2.27. The SMILES string of the molecule is COCCOc1ccc2c(N3CCN(NC(=O)c4ccc(Oc5ccccc5)cc4)CC3)ncnc2c1. The van der Waals surface area contributed by atoms with E-state index in [-0.39, 0.29) is 5.91 Å². The summed E-state index contributed by atoms with van der Waals surface area (Å²) in [5.74, 6) is 2.93. The Hall–Kier alpha value is -4.21. The van der Waals surface area contributed by atoms with E-state index in [2.05, 4.69) is 20.3 Å². The molecule has 0 bridgehead atoms. The summed E-state index contributed by atoms with van der Waals surface area (Å²) in [5.41, 5.74) is 4.42. The van der Waals surface area contributed by atoms with Gasteiger partial charge in [0, 0.05) is 50.3 Å². The lowest BCUT2D eigenvalue weighted by Crippen LogP contribution is -2.53. The number of aromatic nitrogens is 2. The molecule has 9 nitrogen and oxygen atoms in total. The van der Waals surface area contributed by atoms with E-state index in [0.29, 0.717) is 37.6 Å². The quantitative estimate of drug-likeness (QED) is 0.347. The van der Waals surface area contributed by atoms with Gasteiger partial charge in [-0.1, -0.05) is 18.2 Å². The van der Waals surface area contributed by atoms with Gasteiger partial charge in [-0.05, 0) is 48.5 Å². The van der Waals surface area contributed by atoms with Gasteiger partial charge in [0.15, 0.2) is 0 Å². The number of fused-ring (bicyclic) bond motifs is 1. The first-order chi connectivity index (χ1) is 18.2. The first-order valence-corrected chi connectivity index (χ1v) is 12.2. The zero-order valence-corrected chi connectivity index (χ0v) is 20.7. The largest absolute Gasteiger partial charge is 0.491 e. The third-order valence-corrected chi connectivity index (χ3v) is 6.08. The Morgan fingerprint density at radius 2 is 1.59 bits per heavy atom. The van der Waals surface area contributed by atoms with Gasteiger partial charge in [-0.3, -0.25) is 10.2 Å². The smallest absolute Gasteiger partial charge is 0.265 e. The lowest BCUT2D eigenvalue weighted by molar-refractivity contribution is 0.0777. The molecule has 0 aliphatic carbocycles. The van der Waals surface area contributed by atoms with E-state index >= 15 is 0 Å². The normalized spacial score (nSPS) is 13.9. The van der Waals surface area contributed by atoms with E-state index in [0.717, 1.165) is 41.3 Å². The van der Waals surface area contributed by atoms with Crippen LogP contribution in [0.4, 0.5) is 5.82 Å². The minimum Gasteiger partial charge on any atom is -0.491 e. The van der Waals surface area contributed by atoms with Crippen molar-refractivity contribution in [1.29, 1.82) is 0 Å². The number of hydrazine groups is 1. The van der Waals surface area contributed by atoms with Crippen molar-refractivity contribution in [2.45, 2.75) is 0 Å². The van der Waals surface area contributed by atoms with Gasteiger partial charge in [-0.25, -0.2) is 15.0 Å². The number of nitrogens with one attached hydrogen (secondary N) is 1. The van der Waals surface area contributed by atoms with E-state index in [1.54, 1.807) is 37.7 Å². The van der Waals surface area contributed by atoms with Crippen LogP contribution in [0, 0.1) is 0 Å². The van der Waals surface area contributed by atoms with Crippen LogP contribution in [-0.2, 0) is 4.74 Å². The van der Waals surface area contributed by atoms with Gasteiger partial charge in [0.05, 0.1) is 12.1 Å². The number of ether oxygens (including phenoxy) is 3. The highest BCUT2D eigenvalue weighted by Gasteiger charge is 2.21. The fourth-order valence-corrected chi connectivity index (χ4v) is 4.14. The third kappa shape index (κ3) is 6.14. The maximum absolute atomic E-state index is 12.8. The molecule has 1 aliphatic heterocycles. The molecule has 1 fully saturated rings. The molecule has 1 saturated heterocycles. The lowest BCUT2D eigenvalue weighted by Gasteiger charge is -2.35. The molecule has 3 aromatic carbocycles. The minimum absolute atomic E-state index is 0.145. The van der Waals surface area contributed by atoms with E-state index in [4.69, 9.17) is 14.2 Å². The molecule has 1 aliphatic rings. The molecule has 5 rings (SSSR count). The molecule has 0 spiro atoms. The van der Waals surface area contributed by atoms with Crippen molar-refractivity contribution < 1.29 is 19.0 Å². The van der Waals surface area contributed by atoms with Gasteiger partial charge >= 0.3 is 0 Å². The molecule has 0 radical (unpaired) electrons. The van der Waals surface area contributed by atoms with E-state index < -0.39 is 0 Å². The first kappa shape index (κ1) is 24.5. The molecular formula is C28H29N5O4. The van der Waals surface area contributed by atoms with Crippen LogP contribution in [0.15, 0.2) is 79.1 Å². The fraction of sp³-hybridized carbons (Fsp3) is 0.250. The zero-order valence-electron chi connectivity index (χ0n) is 20.7. The van der Waals surface area contributed by atoms with Gasteiger partial charge in [-0.2, -0.15) is 0 Å². The van der Waals surface area contributed by atoms with Gasteiger partial charge in [0.2, 0.25) is 0 Å². The maximum atomic E-state index is 12.8. The van der Waals surface area contributed by atoms with Gasteiger partial charge in [-0.15, -0.1) is 0 Å². The molecule has 1 aromatic heterocycles. The Balaban J connectivity index is 1.16. The van der Waals surface area contributed by atoms with Crippen LogP contribution in [0.25, 0.3) is 10.9 Å². The number of methoxy groups -OCH3 is 1. The number of piperazine rings is 1. The Kier molecular flexibility index (Phi) is 7.73. The van der Waals surface area contributed by atoms with Crippen molar-refractivity contribution in [3.05, 3.63) is 84.7 Å². The maximum Gasteiger partial charge on any atom is 0.265 e. The van der Waals surface area contributed by atoms with Gasteiger partial charge < -0.3 is 19.1 Å². The summed E-state index contributed by atoms with van der Waals surface area (Å²) < 4.78 is 16.6. The van der Waals surface area contributed by atoms with Crippen molar-refractivity contribution in [3.63, 3.8) is 0 Å². The van der Waals surface area contributed by atoms with Crippen LogP contribution in [0.5, 0.6) is 17.2 Å². The fourth-order valence-electron chi connectivity index (χ4n) is 4.14. The van der Waals surface area contributed by atoms with Crippen LogP contribution >= 0.6 is 0 Å². The number of carbonyl (C=O) groups is 1. The molecule has 1 amide bonds. The first-order valence-electron chi connectivity index (χ1n) is 12.2. The predicted molar refractivity (Wildman–Crippen MR) is 141 cm³/mol. The molecule has 4 aromatic rings. The molecule has 2 heterocycles. The number of amides is 1. The molecule has 37 heavy (non-hydrogen) atoms. The summed E-state index contributed by atoms with van der Waals surface area (Å²) in [6, 6.07) is 22.5. The topological polar surface area (TPSA) is 89.1 Å². The Morgan fingerprint density at radius 3 is 2.35 bits per heavy atom. The molecular weight excluding hydrogens is 470 g/mol. The Bertz CT molecular complexity index is 1330. The standard InChI is InChI=1S/C28H29N5O4/c1-35-17-18-36-24-11-12-25-26(19-24)29-20-30-27(25)32-13-15-33(16-14-32)31-28(34)21-7-9-23(10-8-21)37-22-5-3-2-4-6-22/h2-12,19-20H,13-18H2,1H3,(H,31,34). The number of hydrogen-bond acceptors (Lipinski definition) is 8.